The number of hydrogen-bond acceptors (Lipinski definition) is 6. The normalized spacial score (nSPS) is 36.1. The highest BCUT2D eigenvalue weighted by molar-refractivity contribution is 5.33. The minimum absolute atomic E-state index is 0.0152. The summed E-state index contributed by atoms with van der Waals surface area (Å²) in [5.41, 5.74) is 4.52. The van der Waals surface area contributed by atoms with Crippen LogP contribution in [-0.4, -0.2) is 28.4 Å². The predicted molar refractivity (Wildman–Crippen MR) is 89.5 cm³/mol. The molecule has 2 heterocycles. The summed E-state index contributed by atoms with van der Waals surface area (Å²) in [4.78, 5) is 0. The van der Waals surface area contributed by atoms with E-state index >= 15 is 0 Å². The summed E-state index contributed by atoms with van der Waals surface area (Å²) in [6, 6.07) is 2.58. The van der Waals surface area contributed by atoms with Gasteiger partial charge in [-0.2, -0.15) is 5.26 Å². The minimum Gasteiger partial charge on any atom is -0.408 e. The first kappa shape index (κ1) is 16.3. The maximum absolute atomic E-state index is 14.2. The standard InChI is InChI=1S/C18H22FN5O/c19-24-10-9-18(13-5-4-6-13,17(12-20)7-2-1-3-8-17)14(11-24)15-22-23-16(21)25-15/h1-3,7,13-14H,4-6,8-11H2,(H2,21,23). The fourth-order valence-electron chi connectivity index (χ4n) is 5.08. The van der Waals surface area contributed by atoms with Crippen molar-refractivity contribution in [1.29, 1.82) is 5.26 Å². The molecule has 1 aromatic rings. The molecule has 2 fully saturated rings. The number of anilines is 1. The van der Waals surface area contributed by atoms with E-state index in [9.17, 15) is 9.74 Å². The summed E-state index contributed by atoms with van der Waals surface area (Å²) >= 11 is 0. The first-order valence-corrected chi connectivity index (χ1v) is 8.86. The lowest BCUT2D eigenvalue weighted by molar-refractivity contribution is -0.124. The molecule has 4 rings (SSSR count). The van der Waals surface area contributed by atoms with Crippen LogP contribution in [0, 0.1) is 28.1 Å². The Bertz CT molecular complexity index is 749. The Hall–Kier alpha value is -2.20. The number of nitrogens with two attached hydrogens (primary N) is 1. The average molecular weight is 343 g/mol. The summed E-state index contributed by atoms with van der Waals surface area (Å²) in [7, 11) is 0. The van der Waals surface area contributed by atoms with Crippen molar-refractivity contribution in [2.24, 2.45) is 16.7 Å². The van der Waals surface area contributed by atoms with E-state index in [1.54, 1.807) is 0 Å². The number of rotatable bonds is 3. The second kappa shape index (κ2) is 5.95. The quantitative estimate of drug-likeness (QED) is 0.848. The number of piperidine rings is 1. The number of aromatic nitrogens is 2. The molecule has 2 N–H and O–H groups in total. The number of hydrogen-bond donors (Lipinski definition) is 1. The SMILES string of the molecule is N#CC1(C2(C3CCC3)CCN(F)CC2c2nnc(N)o2)C=CC=CC1. The predicted octanol–water partition coefficient (Wildman–Crippen LogP) is 3.14. The Labute approximate surface area is 146 Å². The maximum Gasteiger partial charge on any atom is 0.312 e. The van der Waals surface area contributed by atoms with E-state index in [4.69, 9.17) is 10.2 Å². The lowest BCUT2D eigenvalue weighted by Gasteiger charge is -2.58. The third-order valence-electron chi connectivity index (χ3n) is 6.46. The molecular formula is C18H22FN5O. The Balaban J connectivity index is 1.87. The Kier molecular flexibility index (Phi) is 3.88. The molecule has 1 saturated heterocycles. The van der Waals surface area contributed by atoms with Crippen molar-refractivity contribution in [1.82, 2.24) is 15.3 Å². The van der Waals surface area contributed by atoms with Gasteiger partial charge in [-0.05, 0) is 31.6 Å². The Morgan fingerprint density at radius 3 is 2.76 bits per heavy atom. The molecule has 3 atom stereocenters. The molecule has 0 amide bonds. The van der Waals surface area contributed by atoms with Crippen LogP contribution in [0.5, 0.6) is 0 Å². The van der Waals surface area contributed by atoms with Crippen molar-refractivity contribution in [3.05, 3.63) is 30.2 Å². The van der Waals surface area contributed by atoms with Crippen LogP contribution in [0.3, 0.4) is 0 Å². The van der Waals surface area contributed by atoms with Crippen molar-refractivity contribution < 1.29 is 8.90 Å². The molecule has 132 valence electrons. The van der Waals surface area contributed by atoms with E-state index in [-0.39, 0.29) is 18.5 Å². The van der Waals surface area contributed by atoms with E-state index in [2.05, 4.69) is 16.3 Å². The van der Waals surface area contributed by atoms with Crippen LogP contribution in [0.15, 0.2) is 28.7 Å². The van der Waals surface area contributed by atoms with Crippen molar-refractivity contribution in [3.63, 3.8) is 0 Å². The minimum atomic E-state index is -0.692. The van der Waals surface area contributed by atoms with Crippen molar-refractivity contribution in [3.8, 4) is 6.07 Å². The van der Waals surface area contributed by atoms with Crippen LogP contribution >= 0.6 is 0 Å². The third kappa shape index (κ3) is 2.31. The van der Waals surface area contributed by atoms with E-state index in [1.165, 1.54) is 0 Å². The van der Waals surface area contributed by atoms with E-state index in [0.29, 0.717) is 31.2 Å². The third-order valence-corrected chi connectivity index (χ3v) is 6.46. The average Bonchev–Trinajstić information content (AvgIpc) is 3.01. The zero-order valence-electron chi connectivity index (χ0n) is 14.1. The molecule has 0 radical (unpaired) electrons. The van der Waals surface area contributed by atoms with Gasteiger partial charge in [0.05, 0.1) is 17.4 Å². The van der Waals surface area contributed by atoms with Gasteiger partial charge in [-0.3, -0.25) is 0 Å². The summed E-state index contributed by atoms with van der Waals surface area (Å²) in [6.45, 7) is 0.469. The summed E-state index contributed by atoms with van der Waals surface area (Å²) in [5, 5.41) is 18.9. The lowest BCUT2D eigenvalue weighted by atomic mass is 9.45. The molecule has 1 saturated carbocycles. The smallest absolute Gasteiger partial charge is 0.312 e. The highest BCUT2D eigenvalue weighted by Crippen LogP contribution is 2.65. The molecule has 25 heavy (non-hydrogen) atoms. The van der Waals surface area contributed by atoms with Crippen molar-refractivity contribution in [2.75, 3.05) is 18.8 Å². The van der Waals surface area contributed by atoms with Crippen LogP contribution in [-0.2, 0) is 0 Å². The van der Waals surface area contributed by atoms with Gasteiger partial charge in [-0.1, -0.05) is 35.8 Å². The van der Waals surface area contributed by atoms with Gasteiger partial charge in [0.15, 0.2) is 0 Å². The van der Waals surface area contributed by atoms with Crippen molar-refractivity contribution in [2.45, 2.75) is 38.0 Å². The zero-order valence-corrected chi connectivity index (χ0v) is 14.1. The largest absolute Gasteiger partial charge is 0.408 e. The number of allylic oxidation sites excluding steroid dienone is 4. The summed E-state index contributed by atoms with van der Waals surface area (Å²) in [6.07, 6.45) is 12.4. The maximum atomic E-state index is 14.2. The molecule has 7 heteroatoms. The zero-order chi connectivity index (χ0) is 17.5. The van der Waals surface area contributed by atoms with Gasteiger partial charge < -0.3 is 10.2 Å². The summed E-state index contributed by atoms with van der Waals surface area (Å²) in [5.74, 6) is 0.344. The molecule has 2 aliphatic carbocycles. The van der Waals surface area contributed by atoms with Gasteiger partial charge in [0.1, 0.15) is 0 Å². The molecule has 1 aromatic heterocycles. The number of nitrogens with zero attached hydrogens (tertiary/aromatic N) is 4. The van der Waals surface area contributed by atoms with E-state index in [1.807, 2.05) is 24.3 Å². The summed E-state index contributed by atoms with van der Waals surface area (Å²) < 4.78 is 19.8. The van der Waals surface area contributed by atoms with Gasteiger partial charge >= 0.3 is 6.01 Å². The molecule has 0 bridgehead atoms. The van der Waals surface area contributed by atoms with Crippen molar-refractivity contribution >= 4 is 6.01 Å². The Morgan fingerprint density at radius 2 is 2.20 bits per heavy atom. The van der Waals surface area contributed by atoms with Gasteiger partial charge in [0, 0.05) is 18.5 Å². The fourth-order valence-corrected chi connectivity index (χ4v) is 5.08. The molecule has 3 aliphatic rings. The highest BCUT2D eigenvalue weighted by Gasteiger charge is 2.63. The number of halogens is 1. The van der Waals surface area contributed by atoms with Crippen LogP contribution in [0.2, 0.25) is 0 Å². The van der Waals surface area contributed by atoms with E-state index < -0.39 is 10.8 Å². The highest BCUT2D eigenvalue weighted by atomic mass is 19.2. The second-order valence-corrected chi connectivity index (χ2v) is 7.39. The van der Waals surface area contributed by atoms with Crippen LogP contribution < -0.4 is 5.73 Å². The van der Waals surface area contributed by atoms with Crippen LogP contribution in [0.1, 0.15) is 43.9 Å². The fraction of sp³-hybridized carbons (Fsp3) is 0.611. The molecule has 0 spiro atoms. The molecule has 3 unspecified atom stereocenters. The van der Waals surface area contributed by atoms with Gasteiger partial charge in [-0.15, -0.1) is 14.7 Å². The van der Waals surface area contributed by atoms with Crippen LogP contribution in [0.25, 0.3) is 0 Å². The van der Waals surface area contributed by atoms with Gasteiger partial charge in [0.25, 0.3) is 0 Å². The first-order chi connectivity index (χ1) is 12.1. The topological polar surface area (TPSA) is 92.0 Å². The van der Waals surface area contributed by atoms with E-state index in [0.717, 1.165) is 24.4 Å². The number of nitrogen functional groups attached to an aromatic ring is 1. The molecule has 0 aromatic carbocycles. The lowest BCUT2D eigenvalue weighted by Crippen LogP contribution is -2.57. The van der Waals surface area contributed by atoms with Gasteiger partial charge in [-0.25, -0.2) is 0 Å². The number of nitriles is 1. The molecule has 1 aliphatic heterocycles. The van der Waals surface area contributed by atoms with Gasteiger partial charge in [0.2, 0.25) is 5.89 Å². The molecular weight excluding hydrogens is 321 g/mol. The first-order valence-electron chi connectivity index (χ1n) is 8.86. The second-order valence-electron chi connectivity index (χ2n) is 7.39. The monoisotopic (exact) mass is 343 g/mol. The molecule has 6 nitrogen and oxygen atoms in total. The Morgan fingerprint density at radius 1 is 1.36 bits per heavy atom. The van der Waals surface area contributed by atoms with Crippen LogP contribution in [0.4, 0.5) is 10.5 Å².